The summed E-state index contributed by atoms with van der Waals surface area (Å²) in [5, 5.41) is 0. The summed E-state index contributed by atoms with van der Waals surface area (Å²) in [6.07, 6.45) is 1.67. The minimum Gasteiger partial charge on any atom is -0.245 e. The molecule has 1 heterocycles. The molecule has 4 amide bonds. The monoisotopic (exact) mass is 333 g/mol. The average Bonchev–Trinajstić information content (AvgIpc) is 2.49. The molecule has 0 bridgehead atoms. The van der Waals surface area contributed by atoms with Crippen molar-refractivity contribution in [1.29, 1.82) is 0 Å². The lowest BCUT2D eigenvalue weighted by molar-refractivity contribution is 0.0686. The zero-order valence-corrected chi connectivity index (χ0v) is 12.7. The van der Waals surface area contributed by atoms with Gasteiger partial charge in [0.05, 0.1) is 0 Å². The Bertz CT molecular complexity index is 554. The summed E-state index contributed by atoms with van der Waals surface area (Å²) in [7, 11) is 0. The molecule has 0 N–H and O–H groups in total. The number of benzene rings is 1. The van der Waals surface area contributed by atoms with Gasteiger partial charge in [0, 0.05) is 40.9 Å². The van der Waals surface area contributed by atoms with E-state index in [0.29, 0.717) is 9.98 Å². The van der Waals surface area contributed by atoms with Gasteiger partial charge in [0.2, 0.25) is 0 Å². The van der Waals surface area contributed by atoms with E-state index in [-0.39, 0.29) is 0 Å². The fraction of sp³-hybridized carbons (Fsp3) is 0.167. The fourth-order valence-electron chi connectivity index (χ4n) is 1.85. The number of carbonyl (C=O) groups is 2. The van der Waals surface area contributed by atoms with Crippen LogP contribution in [-0.2, 0) is 5.66 Å². The second kappa shape index (κ2) is 5.16. The van der Waals surface area contributed by atoms with Gasteiger partial charge in [-0.25, -0.2) is 18.4 Å². The van der Waals surface area contributed by atoms with Crippen molar-refractivity contribution in [3.05, 3.63) is 42.0 Å². The molecule has 0 unspecified atom stereocenters. The van der Waals surface area contributed by atoms with Gasteiger partial charge in [-0.15, -0.1) is 4.42 Å². The van der Waals surface area contributed by atoms with Crippen molar-refractivity contribution in [2.75, 3.05) is 0 Å². The smallest absolute Gasteiger partial charge is 0.245 e. The standard InChI is InChI=1S/C12H10Cl3N3O2/c1-3-8-4-6-9(7-5-8)12(2)17(14)10(19)16(13)11(20)18(12)15/h3-7H,1H2,2H3. The minimum atomic E-state index is -1.36. The summed E-state index contributed by atoms with van der Waals surface area (Å²) in [5.41, 5.74) is 0.0779. The molecule has 106 valence electrons. The molecule has 1 fully saturated rings. The van der Waals surface area contributed by atoms with Crippen molar-refractivity contribution in [3.8, 4) is 0 Å². The third kappa shape index (κ3) is 2.02. The summed E-state index contributed by atoms with van der Waals surface area (Å²) < 4.78 is 1.87. The van der Waals surface area contributed by atoms with E-state index in [4.69, 9.17) is 35.3 Å². The van der Waals surface area contributed by atoms with E-state index in [9.17, 15) is 9.59 Å². The zero-order valence-electron chi connectivity index (χ0n) is 10.4. The number of amides is 4. The molecule has 8 heteroatoms. The summed E-state index contributed by atoms with van der Waals surface area (Å²) in [6.45, 7) is 5.19. The largest absolute Gasteiger partial charge is 0.360 e. The van der Waals surface area contributed by atoms with Crippen LogP contribution in [0, 0.1) is 0 Å². The van der Waals surface area contributed by atoms with Gasteiger partial charge in [-0.05, 0) is 12.5 Å². The quantitative estimate of drug-likeness (QED) is 0.764. The highest BCUT2D eigenvalue weighted by Crippen LogP contribution is 2.40. The highest BCUT2D eigenvalue weighted by atomic mass is 35.5. The first-order valence-electron chi connectivity index (χ1n) is 5.53. The second-order valence-electron chi connectivity index (χ2n) is 4.25. The first-order chi connectivity index (χ1) is 9.33. The van der Waals surface area contributed by atoms with Crippen molar-refractivity contribution in [1.82, 2.24) is 13.3 Å². The lowest BCUT2D eigenvalue weighted by Gasteiger charge is -2.46. The maximum atomic E-state index is 11.9. The van der Waals surface area contributed by atoms with Crippen LogP contribution in [0.1, 0.15) is 18.1 Å². The molecule has 1 saturated heterocycles. The molecule has 0 saturated carbocycles. The second-order valence-corrected chi connectivity index (χ2v) is 5.27. The lowest BCUT2D eigenvalue weighted by Crippen LogP contribution is -2.62. The summed E-state index contributed by atoms with van der Waals surface area (Å²) >= 11 is 17.5. The van der Waals surface area contributed by atoms with Gasteiger partial charge in [0.15, 0.2) is 5.66 Å². The first-order valence-corrected chi connectivity index (χ1v) is 6.54. The highest BCUT2D eigenvalue weighted by molar-refractivity contribution is 6.38. The van der Waals surface area contributed by atoms with Crippen LogP contribution in [0.15, 0.2) is 30.8 Å². The Morgan fingerprint density at radius 2 is 1.50 bits per heavy atom. The molecule has 1 aromatic carbocycles. The van der Waals surface area contributed by atoms with E-state index in [0.717, 1.165) is 14.4 Å². The van der Waals surface area contributed by atoms with E-state index in [1.165, 1.54) is 6.92 Å². The van der Waals surface area contributed by atoms with Gasteiger partial charge >= 0.3 is 12.1 Å². The van der Waals surface area contributed by atoms with Crippen LogP contribution in [0.2, 0.25) is 0 Å². The summed E-state index contributed by atoms with van der Waals surface area (Å²) in [6, 6.07) is 5.20. The van der Waals surface area contributed by atoms with Gasteiger partial charge in [0.25, 0.3) is 0 Å². The molecule has 1 aliphatic rings. The maximum absolute atomic E-state index is 11.9. The van der Waals surface area contributed by atoms with E-state index in [2.05, 4.69) is 6.58 Å². The van der Waals surface area contributed by atoms with Crippen molar-refractivity contribution >= 4 is 53.5 Å². The van der Waals surface area contributed by atoms with Gasteiger partial charge in [-0.1, -0.05) is 36.9 Å². The van der Waals surface area contributed by atoms with Crippen LogP contribution >= 0.6 is 35.3 Å². The number of rotatable bonds is 2. The molecule has 20 heavy (non-hydrogen) atoms. The number of imide groups is 1. The van der Waals surface area contributed by atoms with Gasteiger partial charge < -0.3 is 0 Å². The lowest BCUT2D eigenvalue weighted by atomic mass is 9.99. The Morgan fingerprint density at radius 3 is 1.90 bits per heavy atom. The van der Waals surface area contributed by atoms with E-state index in [1.807, 2.05) is 0 Å². The van der Waals surface area contributed by atoms with Gasteiger partial charge in [-0.3, -0.25) is 0 Å². The van der Waals surface area contributed by atoms with Crippen LogP contribution in [0.3, 0.4) is 0 Å². The van der Waals surface area contributed by atoms with Gasteiger partial charge in [0.1, 0.15) is 0 Å². The van der Waals surface area contributed by atoms with Crippen molar-refractivity contribution in [3.63, 3.8) is 0 Å². The molecule has 1 aromatic rings. The number of carbonyl (C=O) groups excluding carboxylic acids is 2. The van der Waals surface area contributed by atoms with Crippen LogP contribution in [-0.4, -0.2) is 25.3 Å². The molecule has 0 aliphatic carbocycles. The van der Waals surface area contributed by atoms with E-state index < -0.39 is 17.7 Å². The first kappa shape index (κ1) is 15.0. The minimum absolute atomic E-state index is 0.319. The Balaban J connectivity index is 2.52. The number of halogens is 3. The average molecular weight is 335 g/mol. The highest BCUT2D eigenvalue weighted by Gasteiger charge is 2.53. The van der Waals surface area contributed by atoms with E-state index >= 15 is 0 Å². The topological polar surface area (TPSA) is 43.9 Å². The molecule has 0 spiro atoms. The van der Waals surface area contributed by atoms with Crippen LogP contribution < -0.4 is 0 Å². The molecule has 2 rings (SSSR count). The third-order valence-electron chi connectivity index (χ3n) is 3.13. The maximum Gasteiger partial charge on any atom is 0.360 e. The molecule has 0 aromatic heterocycles. The van der Waals surface area contributed by atoms with Crippen molar-refractivity contribution in [2.24, 2.45) is 0 Å². The Hall–Kier alpha value is -1.43. The number of hydrogen-bond donors (Lipinski definition) is 0. The van der Waals surface area contributed by atoms with Gasteiger partial charge in [-0.2, -0.15) is 0 Å². The molecular formula is C12H10Cl3N3O2. The molecular weight excluding hydrogens is 325 g/mol. The molecule has 0 atom stereocenters. The van der Waals surface area contributed by atoms with Crippen LogP contribution in [0.25, 0.3) is 6.08 Å². The summed E-state index contributed by atoms with van der Waals surface area (Å²) in [4.78, 5) is 23.7. The third-order valence-corrected chi connectivity index (χ3v) is 4.37. The predicted octanol–water partition coefficient (Wildman–Crippen LogP) is 4.12. The van der Waals surface area contributed by atoms with Crippen LogP contribution in [0.5, 0.6) is 0 Å². The summed E-state index contributed by atoms with van der Waals surface area (Å²) in [5.74, 6) is 0. The number of nitrogens with zero attached hydrogens (tertiary/aromatic N) is 3. The van der Waals surface area contributed by atoms with E-state index in [1.54, 1.807) is 30.3 Å². The molecule has 0 radical (unpaired) electrons. The Kier molecular flexibility index (Phi) is 3.86. The number of hydrogen-bond acceptors (Lipinski definition) is 2. The molecule has 5 nitrogen and oxygen atoms in total. The molecule has 1 aliphatic heterocycles. The Morgan fingerprint density at radius 1 is 1.05 bits per heavy atom. The zero-order chi connectivity index (χ0) is 15.1. The normalized spacial score (nSPS) is 18.5. The van der Waals surface area contributed by atoms with Crippen LogP contribution in [0.4, 0.5) is 9.59 Å². The van der Waals surface area contributed by atoms with Crippen molar-refractivity contribution in [2.45, 2.75) is 12.6 Å². The predicted molar refractivity (Wildman–Crippen MR) is 77.8 cm³/mol. The number of urea groups is 2. The fourth-order valence-corrected chi connectivity index (χ4v) is 2.61. The Labute approximate surface area is 131 Å². The van der Waals surface area contributed by atoms with Crippen molar-refractivity contribution < 1.29 is 9.59 Å². The SMILES string of the molecule is C=Cc1ccc(C2(C)N(Cl)C(=O)N(Cl)C(=O)N2Cl)cc1.